The first-order valence-corrected chi connectivity index (χ1v) is 6.27. The van der Waals surface area contributed by atoms with Gasteiger partial charge in [0, 0.05) is 13.1 Å². The summed E-state index contributed by atoms with van der Waals surface area (Å²) in [6.07, 6.45) is 3.81. The molecule has 2 aliphatic rings. The number of nitrogens with zero attached hydrogens (tertiary/aromatic N) is 2. The summed E-state index contributed by atoms with van der Waals surface area (Å²) in [5.74, 6) is 1.37. The number of rotatable bonds is 1. The van der Waals surface area contributed by atoms with E-state index in [1.165, 1.54) is 19.3 Å². The van der Waals surface area contributed by atoms with Crippen LogP contribution in [0.4, 0.5) is 0 Å². The summed E-state index contributed by atoms with van der Waals surface area (Å²) < 4.78 is 0. The average Bonchev–Trinajstić information content (AvgIpc) is 2.65. The maximum atomic E-state index is 11.0. The molecule has 1 saturated heterocycles. The zero-order chi connectivity index (χ0) is 9.97. The molecule has 0 spiro atoms. The fourth-order valence-corrected chi connectivity index (χ4v) is 2.86. The molecule has 0 saturated carbocycles. The van der Waals surface area contributed by atoms with Gasteiger partial charge in [-0.15, -0.1) is 0 Å². The Hall–Kier alpha value is -0.510. The number of amides is 1. The van der Waals surface area contributed by atoms with Crippen LogP contribution in [-0.4, -0.2) is 34.8 Å². The molecule has 2 heterocycles. The predicted molar refractivity (Wildman–Crippen MR) is 59.5 cm³/mol. The SMILES string of the molecule is CCC1CCCN(C2=NC(=O)CS2)C1. The second-order valence-corrected chi connectivity index (χ2v) is 4.88. The topological polar surface area (TPSA) is 32.7 Å². The van der Waals surface area contributed by atoms with E-state index in [-0.39, 0.29) is 5.91 Å². The van der Waals surface area contributed by atoms with Gasteiger partial charge in [0.2, 0.25) is 0 Å². The first-order valence-electron chi connectivity index (χ1n) is 5.29. The van der Waals surface area contributed by atoms with Crippen molar-refractivity contribution in [3.8, 4) is 0 Å². The van der Waals surface area contributed by atoms with E-state index in [9.17, 15) is 4.79 Å². The van der Waals surface area contributed by atoms with Crippen molar-refractivity contribution >= 4 is 22.8 Å². The van der Waals surface area contributed by atoms with Crippen LogP contribution in [0.15, 0.2) is 4.99 Å². The van der Waals surface area contributed by atoms with Gasteiger partial charge >= 0.3 is 0 Å². The Kier molecular flexibility index (Phi) is 3.11. The van der Waals surface area contributed by atoms with Crippen molar-refractivity contribution in [2.45, 2.75) is 26.2 Å². The number of aliphatic imine (C=N–C) groups is 1. The maximum absolute atomic E-state index is 11.0. The van der Waals surface area contributed by atoms with E-state index in [2.05, 4.69) is 16.8 Å². The van der Waals surface area contributed by atoms with Gasteiger partial charge in [0.25, 0.3) is 5.91 Å². The molecule has 2 aliphatic heterocycles. The molecule has 4 heteroatoms. The Bertz CT molecular complexity index is 265. The molecule has 1 amide bonds. The zero-order valence-electron chi connectivity index (χ0n) is 8.53. The molecule has 0 N–H and O–H groups in total. The van der Waals surface area contributed by atoms with Crippen LogP contribution in [0.2, 0.25) is 0 Å². The molecule has 78 valence electrons. The quantitative estimate of drug-likeness (QED) is 0.663. The van der Waals surface area contributed by atoms with Crippen molar-refractivity contribution in [2.24, 2.45) is 10.9 Å². The van der Waals surface area contributed by atoms with Crippen molar-refractivity contribution in [1.82, 2.24) is 4.90 Å². The molecule has 0 aromatic carbocycles. The fourth-order valence-electron chi connectivity index (χ4n) is 2.03. The van der Waals surface area contributed by atoms with Crippen LogP contribution < -0.4 is 0 Å². The first-order chi connectivity index (χ1) is 6.79. The van der Waals surface area contributed by atoms with Crippen LogP contribution in [0.3, 0.4) is 0 Å². The van der Waals surface area contributed by atoms with Crippen LogP contribution in [0.5, 0.6) is 0 Å². The third-order valence-corrected chi connectivity index (χ3v) is 3.91. The number of thioether (sulfide) groups is 1. The van der Waals surface area contributed by atoms with Crippen molar-refractivity contribution < 1.29 is 4.79 Å². The Morgan fingerprint density at radius 3 is 3.14 bits per heavy atom. The normalized spacial score (nSPS) is 28.1. The van der Waals surface area contributed by atoms with E-state index in [1.54, 1.807) is 11.8 Å². The van der Waals surface area contributed by atoms with Crippen LogP contribution >= 0.6 is 11.8 Å². The summed E-state index contributed by atoms with van der Waals surface area (Å²) in [5.41, 5.74) is 0. The molecular weight excluding hydrogens is 196 g/mol. The van der Waals surface area contributed by atoms with Gasteiger partial charge < -0.3 is 4.90 Å². The van der Waals surface area contributed by atoms with Gasteiger partial charge in [0.15, 0.2) is 5.17 Å². The van der Waals surface area contributed by atoms with Crippen LogP contribution in [0, 0.1) is 5.92 Å². The van der Waals surface area contributed by atoms with Gasteiger partial charge in [-0.3, -0.25) is 4.79 Å². The van der Waals surface area contributed by atoms with Gasteiger partial charge in [0.05, 0.1) is 5.75 Å². The third-order valence-electron chi connectivity index (χ3n) is 2.91. The largest absolute Gasteiger partial charge is 0.351 e. The maximum Gasteiger partial charge on any atom is 0.258 e. The van der Waals surface area contributed by atoms with E-state index < -0.39 is 0 Å². The number of hydrogen-bond acceptors (Lipinski definition) is 3. The molecule has 0 aliphatic carbocycles. The molecule has 14 heavy (non-hydrogen) atoms. The second-order valence-electron chi connectivity index (χ2n) is 3.94. The highest BCUT2D eigenvalue weighted by Gasteiger charge is 2.25. The van der Waals surface area contributed by atoms with Crippen molar-refractivity contribution in [1.29, 1.82) is 0 Å². The van der Waals surface area contributed by atoms with Crippen LogP contribution in [0.25, 0.3) is 0 Å². The molecule has 0 aromatic heterocycles. The fraction of sp³-hybridized carbons (Fsp3) is 0.800. The van der Waals surface area contributed by atoms with Gasteiger partial charge in [-0.1, -0.05) is 25.1 Å². The van der Waals surface area contributed by atoms with Crippen LogP contribution in [-0.2, 0) is 4.79 Å². The minimum Gasteiger partial charge on any atom is -0.351 e. The number of piperidine rings is 1. The lowest BCUT2D eigenvalue weighted by atomic mass is 9.96. The van der Waals surface area contributed by atoms with Gasteiger partial charge in [0.1, 0.15) is 0 Å². The smallest absolute Gasteiger partial charge is 0.258 e. The van der Waals surface area contributed by atoms with Crippen LogP contribution in [0.1, 0.15) is 26.2 Å². The summed E-state index contributed by atoms with van der Waals surface area (Å²) >= 11 is 1.60. The van der Waals surface area contributed by atoms with Crippen molar-refractivity contribution in [3.63, 3.8) is 0 Å². The van der Waals surface area contributed by atoms with E-state index in [1.807, 2.05) is 0 Å². The molecule has 0 radical (unpaired) electrons. The minimum atomic E-state index is 0.0311. The monoisotopic (exact) mass is 212 g/mol. The standard InChI is InChI=1S/C10H16N2OS/c1-2-8-4-3-5-12(6-8)10-11-9(13)7-14-10/h8H,2-7H2,1H3. The lowest BCUT2D eigenvalue weighted by Gasteiger charge is -2.32. The second kappa shape index (κ2) is 4.34. The number of carbonyl (C=O) groups is 1. The number of hydrogen-bond donors (Lipinski definition) is 0. The molecule has 2 rings (SSSR count). The predicted octanol–water partition coefficient (Wildman–Crippen LogP) is 1.74. The summed E-state index contributed by atoms with van der Waals surface area (Å²) in [6.45, 7) is 4.41. The zero-order valence-corrected chi connectivity index (χ0v) is 9.35. The Morgan fingerprint density at radius 1 is 1.64 bits per heavy atom. The molecule has 3 nitrogen and oxygen atoms in total. The number of amidine groups is 1. The molecule has 1 atom stereocenters. The molecule has 0 aromatic rings. The summed E-state index contributed by atoms with van der Waals surface area (Å²) in [4.78, 5) is 17.3. The lowest BCUT2D eigenvalue weighted by molar-refractivity contribution is -0.115. The van der Waals surface area contributed by atoms with E-state index in [4.69, 9.17) is 0 Å². The summed E-state index contributed by atoms with van der Waals surface area (Å²) in [5, 5.41) is 0.966. The van der Waals surface area contributed by atoms with Gasteiger partial charge in [-0.05, 0) is 18.8 Å². The molecule has 1 fully saturated rings. The number of likely N-dealkylation sites (tertiary alicyclic amines) is 1. The van der Waals surface area contributed by atoms with Crippen molar-refractivity contribution in [2.75, 3.05) is 18.8 Å². The minimum absolute atomic E-state index is 0.0311. The highest BCUT2D eigenvalue weighted by molar-refractivity contribution is 8.14. The highest BCUT2D eigenvalue weighted by Crippen LogP contribution is 2.24. The average molecular weight is 212 g/mol. The molecular formula is C10H16N2OS. The van der Waals surface area contributed by atoms with E-state index in [0.717, 1.165) is 24.2 Å². The summed E-state index contributed by atoms with van der Waals surface area (Å²) in [7, 11) is 0. The Labute approximate surface area is 89.0 Å². The number of carbonyl (C=O) groups excluding carboxylic acids is 1. The van der Waals surface area contributed by atoms with E-state index in [0.29, 0.717) is 5.75 Å². The molecule has 0 bridgehead atoms. The highest BCUT2D eigenvalue weighted by atomic mass is 32.2. The van der Waals surface area contributed by atoms with Gasteiger partial charge in [-0.25, -0.2) is 0 Å². The third kappa shape index (κ3) is 2.11. The lowest BCUT2D eigenvalue weighted by Crippen LogP contribution is -2.37. The summed E-state index contributed by atoms with van der Waals surface area (Å²) in [6, 6.07) is 0. The first kappa shape index (κ1) is 10.0. The molecule has 1 unspecified atom stereocenters. The Morgan fingerprint density at radius 2 is 2.50 bits per heavy atom. The van der Waals surface area contributed by atoms with E-state index >= 15 is 0 Å². The Balaban J connectivity index is 1.97. The van der Waals surface area contributed by atoms with Gasteiger partial charge in [-0.2, -0.15) is 4.99 Å². The van der Waals surface area contributed by atoms with Crippen molar-refractivity contribution in [3.05, 3.63) is 0 Å².